The number of rotatable bonds is 4. The van der Waals surface area contributed by atoms with Crippen molar-refractivity contribution in [3.8, 4) is 5.75 Å². The second kappa shape index (κ2) is 7.46. The molecule has 1 N–H and O–H groups in total. The summed E-state index contributed by atoms with van der Waals surface area (Å²) in [6, 6.07) is 15.6. The molecule has 0 spiro atoms. The molecular weight excluding hydrogens is 380 g/mol. The Kier molecular flexibility index (Phi) is 4.64. The third-order valence-electron chi connectivity index (χ3n) is 5.90. The highest BCUT2D eigenvalue weighted by Gasteiger charge is 2.35. The average Bonchev–Trinajstić information content (AvgIpc) is 3.30. The van der Waals surface area contributed by atoms with E-state index in [-0.39, 0.29) is 5.91 Å². The molecule has 3 aromatic rings. The Labute approximate surface area is 174 Å². The fourth-order valence-electron chi connectivity index (χ4n) is 4.49. The number of nitrogens with one attached hydrogen (secondary N) is 1. The minimum absolute atomic E-state index is 0.299. The third kappa shape index (κ3) is 2.92. The van der Waals surface area contributed by atoms with Crippen molar-refractivity contribution in [1.29, 1.82) is 0 Å². The molecule has 6 heteroatoms. The van der Waals surface area contributed by atoms with Crippen LogP contribution in [0.4, 0.5) is 0 Å². The predicted molar refractivity (Wildman–Crippen MR) is 114 cm³/mol. The zero-order valence-corrected chi connectivity index (χ0v) is 16.7. The molecule has 2 aliphatic heterocycles. The van der Waals surface area contributed by atoms with Gasteiger partial charge in [-0.2, -0.15) is 0 Å². The molecular formula is C24H22N2O4. The molecule has 1 aromatic heterocycles. The van der Waals surface area contributed by atoms with Crippen molar-refractivity contribution < 1.29 is 19.1 Å². The summed E-state index contributed by atoms with van der Waals surface area (Å²) in [5, 5.41) is 3.44. The number of benzene rings is 2. The van der Waals surface area contributed by atoms with Gasteiger partial charge in [0, 0.05) is 47.5 Å². The summed E-state index contributed by atoms with van der Waals surface area (Å²) >= 11 is 0. The van der Waals surface area contributed by atoms with Crippen molar-refractivity contribution in [2.75, 3.05) is 20.3 Å². The maximum Gasteiger partial charge on any atom is 0.259 e. The summed E-state index contributed by atoms with van der Waals surface area (Å²) in [6.07, 6.45) is 3.85. The summed E-state index contributed by atoms with van der Waals surface area (Å²) in [6.45, 7) is 1.45. The lowest BCUT2D eigenvalue weighted by molar-refractivity contribution is -0.122. The predicted octanol–water partition coefficient (Wildman–Crippen LogP) is 3.57. The second-order valence-electron chi connectivity index (χ2n) is 7.54. The Hall–Kier alpha value is -3.38. The molecule has 1 saturated heterocycles. The number of nitrogens with zero attached hydrogens (tertiary/aromatic N) is 1. The highest BCUT2D eigenvalue weighted by atomic mass is 16.5. The molecule has 152 valence electrons. The molecule has 6 nitrogen and oxygen atoms in total. The van der Waals surface area contributed by atoms with Crippen LogP contribution in [0.25, 0.3) is 22.0 Å². The summed E-state index contributed by atoms with van der Waals surface area (Å²) < 4.78 is 13.2. The van der Waals surface area contributed by atoms with E-state index in [0.717, 1.165) is 42.5 Å². The molecule has 0 radical (unpaired) electrons. The monoisotopic (exact) mass is 402 g/mol. The van der Waals surface area contributed by atoms with E-state index in [1.807, 2.05) is 42.6 Å². The maximum atomic E-state index is 12.9. The average molecular weight is 402 g/mol. The first-order chi connectivity index (χ1) is 14.7. The fraction of sp³-hybridized carbons (Fsp3) is 0.250. The number of para-hydroxylation sites is 2. The van der Waals surface area contributed by atoms with Gasteiger partial charge in [-0.25, -0.2) is 0 Å². The van der Waals surface area contributed by atoms with Crippen LogP contribution in [0.5, 0.6) is 5.75 Å². The van der Waals surface area contributed by atoms with Gasteiger partial charge in [0.25, 0.3) is 11.8 Å². The molecule has 0 unspecified atom stereocenters. The van der Waals surface area contributed by atoms with E-state index in [0.29, 0.717) is 28.5 Å². The first-order valence-corrected chi connectivity index (χ1v) is 10.1. The largest absolute Gasteiger partial charge is 0.496 e. The van der Waals surface area contributed by atoms with E-state index in [2.05, 4.69) is 16.0 Å². The van der Waals surface area contributed by atoms with Gasteiger partial charge in [-0.15, -0.1) is 0 Å². The van der Waals surface area contributed by atoms with Crippen LogP contribution in [0.15, 0.2) is 54.7 Å². The van der Waals surface area contributed by atoms with E-state index in [9.17, 15) is 9.59 Å². The molecule has 2 aromatic carbocycles. The highest BCUT2D eigenvalue weighted by Crippen LogP contribution is 2.40. The van der Waals surface area contributed by atoms with Gasteiger partial charge in [-0.1, -0.05) is 36.4 Å². The third-order valence-corrected chi connectivity index (χ3v) is 5.90. The Morgan fingerprint density at radius 1 is 0.933 bits per heavy atom. The SMILES string of the molecule is COc1ccccc1C1=C(c2cn(C3CCOCC3)c3ccccc23)C(=O)NC1=O. The smallest absolute Gasteiger partial charge is 0.259 e. The number of ether oxygens (including phenoxy) is 2. The number of hydrogen-bond donors (Lipinski definition) is 1. The lowest BCUT2D eigenvalue weighted by atomic mass is 9.95. The second-order valence-corrected chi connectivity index (χ2v) is 7.54. The normalized spacial score (nSPS) is 17.6. The quantitative estimate of drug-likeness (QED) is 0.678. The van der Waals surface area contributed by atoms with E-state index in [1.165, 1.54) is 0 Å². The molecule has 2 amide bonds. The van der Waals surface area contributed by atoms with Crippen molar-refractivity contribution in [2.24, 2.45) is 0 Å². The number of aromatic nitrogens is 1. The zero-order valence-electron chi connectivity index (χ0n) is 16.7. The fourth-order valence-corrected chi connectivity index (χ4v) is 4.49. The molecule has 5 rings (SSSR count). The van der Waals surface area contributed by atoms with Gasteiger partial charge in [-0.3, -0.25) is 14.9 Å². The molecule has 2 aliphatic rings. The number of hydrogen-bond acceptors (Lipinski definition) is 4. The molecule has 0 bridgehead atoms. The van der Waals surface area contributed by atoms with E-state index >= 15 is 0 Å². The topological polar surface area (TPSA) is 69.6 Å². The molecule has 3 heterocycles. The van der Waals surface area contributed by atoms with Gasteiger partial charge < -0.3 is 14.0 Å². The van der Waals surface area contributed by atoms with Crippen LogP contribution in [0, 0.1) is 0 Å². The van der Waals surface area contributed by atoms with Crippen molar-refractivity contribution >= 4 is 33.9 Å². The number of imide groups is 1. The van der Waals surface area contributed by atoms with E-state index in [1.54, 1.807) is 13.2 Å². The van der Waals surface area contributed by atoms with Crippen LogP contribution in [-0.4, -0.2) is 36.7 Å². The van der Waals surface area contributed by atoms with Gasteiger partial charge >= 0.3 is 0 Å². The van der Waals surface area contributed by atoms with Crippen molar-refractivity contribution in [2.45, 2.75) is 18.9 Å². The number of fused-ring (bicyclic) bond motifs is 1. The molecule has 0 aliphatic carbocycles. The van der Waals surface area contributed by atoms with Gasteiger partial charge in [-0.05, 0) is 25.0 Å². The van der Waals surface area contributed by atoms with Crippen LogP contribution < -0.4 is 10.1 Å². The lowest BCUT2D eigenvalue weighted by Gasteiger charge is -2.24. The van der Waals surface area contributed by atoms with Crippen LogP contribution in [0.2, 0.25) is 0 Å². The summed E-state index contributed by atoms with van der Waals surface area (Å²) in [5.74, 6) is -0.221. The van der Waals surface area contributed by atoms with Gasteiger partial charge in [0.15, 0.2) is 0 Å². The van der Waals surface area contributed by atoms with Crippen LogP contribution in [0.1, 0.15) is 30.0 Å². The van der Waals surface area contributed by atoms with E-state index < -0.39 is 5.91 Å². The Bertz CT molecular complexity index is 1180. The molecule has 1 fully saturated rings. The number of carbonyl (C=O) groups excluding carboxylic acids is 2. The van der Waals surface area contributed by atoms with Crippen molar-refractivity contribution in [3.05, 3.63) is 65.9 Å². The molecule has 0 atom stereocenters. The van der Waals surface area contributed by atoms with Gasteiger partial charge in [0.1, 0.15) is 5.75 Å². The maximum absolute atomic E-state index is 12.9. The number of amides is 2. The van der Waals surface area contributed by atoms with Crippen LogP contribution in [-0.2, 0) is 14.3 Å². The van der Waals surface area contributed by atoms with Crippen molar-refractivity contribution in [1.82, 2.24) is 9.88 Å². The Morgan fingerprint density at radius 3 is 2.37 bits per heavy atom. The Morgan fingerprint density at radius 2 is 1.60 bits per heavy atom. The molecule has 30 heavy (non-hydrogen) atoms. The minimum Gasteiger partial charge on any atom is -0.496 e. The van der Waals surface area contributed by atoms with Crippen LogP contribution in [0.3, 0.4) is 0 Å². The first kappa shape index (κ1) is 18.6. The molecule has 0 saturated carbocycles. The minimum atomic E-state index is -0.401. The van der Waals surface area contributed by atoms with Gasteiger partial charge in [0.05, 0.1) is 18.3 Å². The summed E-state index contributed by atoms with van der Waals surface area (Å²) in [5.41, 5.74) is 3.18. The lowest BCUT2D eigenvalue weighted by Crippen LogP contribution is -2.22. The summed E-state index contributed by atoms with van der Waals surface area (Å²) in [7, 11) is 1.56. The summed E-state index contributed by atoms with van der Waals surface area (Å²) in [4.78, 5) is 25.8. The standard InChI is InChI=1S/C24H22N2O4/c1-29-20-9-5-3-7-17(20)21-22(24(28)25-23(21)27)18-14-26(15-10-12-30-13-11-15)19-8-4-2-6-16(18)19/h2-9,14-15H,10-13H2,1H3,(H,25,27,28). The number of carbonyl (C=O) groups is 2. The van der Waals surface area contributed by atoms with Crippen LogP contribution >= 0.6 is 0 Å². The zero-order chi connectivity index (χ0) is 20.7. The van der Waals surface area contributed by atoms with Crippen molar-refractivity contribution in [3.63, 3.8) is 0 Å². The first-order valence-electron chi connectivity index (χ1n) is 10.1. The van der Waals surface area contributed by atoms with Gasteiger partial charge in [0.2, 0.25) is 0 Å². The highest BCUT2D eigenvalue weighted by molar-refractivity contribution is 6.50. The number of methoxy groups -OCH3 is 1. The van der Waals surface area contributed by atoms with E-state index in [4.69, 9.17) is 9.47 Å². The Balaban J connectivity index is 1.76.